The number of rotatable bonds is 2. The Labute approximate surface area is 88.4 Å². The Morgan fingerprint density at radius 3 is 3.07 bits per heavy atom. The number of hydrogen-bond donors (Lipinski definition) is 1. The average Bonchev–Trinajstić information content (AvgIpc) is 2.84. The van der Waals surface area contributed by atoms with Gasteiger partial charge < -0.3 is 10.1 Å². The molecule has 1 aliphatic heterocycles. The van der Waals surface area contributed by atoms with Gasteiger partial charge in [-0.3, -0.25) is 9.48 Å². The summed E-state index contributed by atoms with van der Waals surface area (Å²) in [5, 5.41) is 7.33. The normalized spacial score (nSPS) is 25.5. The summed E-state index contributed by atoms with van der Waals surface area (Å²) in [4.78, 5) is 11.5. The van der Waals surface area contributed by atoms with Crippen molar-refractivity contribution in [3.8, 4) is 0 Å². The number of nitrogens with one attached hydrogen (secondary N) is 1. The molecular formula is C10H15N3O2. The molecule has 0 saturated carbocycles. The monoisotopic (exact) mass is 209 g/mol. The van der Waals surface area contributed by atoms with E-state index in [1.54, 1.807) is 6.20 Å². The van der Waals surface area contributed by atoms with E-state index in [1.807, 2.05) is 17.8 Å². The van der Waals surface area contributed by atoms with E-state index in [9.17, 15) is 4.79 Å². The van der Waals surface area contributed by atoms with Crippen molar-refractivity contribution in [2.24, 2.45) is 13.0 Å². The van der Waals surface area contributed by atoms with Gasteiger partial charge in [-0.1, -0.05) is 0 Å². The fourth-order valence-corrected chi connectivity index (χ4v) is 2.14. The highest BCUT2D eigenvalue weighted by Gasteiger charge is 2.36. The van der Waals surface area contributed by atoms with Gasteiger partial charge in [0, 0.05) is 37.9 Å². The SMILES string of the molecule is COC(=O)C1CNCC1c1ccnn1C. The lowest BCUT2D eigenvalue weighted by atomic mass is 9.93. The van der Waals surface area contributed by atoms with Gasteiger partial charge in [0.25, 0.3) is 0 Å². The summed E-state index contributed by atoms with van der Waals surface area (Å²) in [5.74, 6) is -0.0680. The molecule has 1 saturated heterocycles. The van der Waals surface area contributed by atoms with Crippen LogP contribution >= 0.6 is 0 Å². The van der Waals surface area contributed by atoms with E-state index in [1.165, 1.54) is 7.11 Å². The number of aromatic nitrogens is 2. The predicted octanol–water partition coefficient (Wildman–Crippen LogP) is -0.104. The average molecular weight is 209 g/mol. The topological polar surface area (TPSA) is 56.1 Å². The van der Waals surface area contributed by atoms with Crippen LogP contribution in [0.1, 0.15) is 11.6 Å². The van der Waals surface area contributed by atoms with E-state index in [-0.39, 0.29) is 17.8 Å². The summed E-state index contributed by atoms with van der Waals surface area (Å²) in [5.41, 5.74) is 1.08. The summed E-state index contributed by atoms with van der Waals surface area (Å²) < 4.78 is 6.61. The number of carbonyl (C=O) groups excluding carboxylic acids is 1. The zero-order valence-corrected chi connectivity index (χ0v) is 8.93. The highest BCUT2D eigenvalue weighted by Crippen LogP contribution is 2.28. The van der Waals surface area contributed by atoms with Crippen molar-refractivity contribution in [2.45, 2.75) is 5.92 Å². The first-order valence-corrected chi connectivity index (χ1v) is 5.00. The number of esters is 1. The molecule has 5 nitrogen and oxygen atoms in total. The molecule has 1 aromatic heterocycles. The Balaban J connectivity index is 2.22. The van der Waals surface area contributed by atoms with E-state index in [0.717, 1.165) is 12.2 Å². The summed E-state index contributed by atoms with van der Waals surface area (Å²) in [6.45, 7) is 1.49. The number of nitrogens with zero attached hydrogens (tertiary/aromatic N) is 2. The maximum Gasteiger partial charge on any atom is 0.310 e. The molecule has 0 amide bonds. The molecule has 0 aliphatic carbocycles. The predicted molar refractivity (Wildman–Crippen MR) is 54.3 cm³/mol. The van der Waals surface area contributed by atoms with Crippen LogP contribution in [-0.2, 0) is 16.6 Å². The van der Waals surface area contributed by atoms with E-state index in [2.05, 4.69) is 10.4 Å². The van der Waals surface area contributed by atoms with Crippen LogP contribution < -0.4 is 5.32 Å². The van der Waals surface area contributed by atoms with Gasteiger partial charge in [-0.25, -0.2) is 0 Å². The van der Waals surface area contributed by atoms with Crippen LogP contribution in [0.15, 0.2) is 12.3 Å². The fourth-order valence-electron chi connectivity index (χ4n) is 2.14. The molecule has 2 unspecified atom stereocenters. The van der Waals surface area contributed by atoms with Crippen LogP contribution in [0, 0.1) is 5.92 Å². The quantitative estimate of drug-likeness (QED) is 0.691. The Kier molecular flexibility index (Phi) is 2.73. The number of ether oxygens (including phenoxy) is 1. The first-order valence-electron chi connectivity index (χ1n) is 5.00. The molecule has 0 spiro atoms. The lowest BCUT2D eigenvalue weighted by Crippen LogP contribution is -2.24. The van der Waals surface area contributed by atoms with E-state index >= 15 is 0 Å². The van der Waals surface area contributed by atoms with E-state index < -0.39 is 0 Å². The van der Waals surface area contributed by atoms with Gasteiger partial charge >= 0.3 is 5.97 Å². The highest BCUT2D eigenvalue weighted by atomic mass is 16.5. The molecule has 0 radical (unpaired) electrons. The molecule has 1 fully saturated rings. The number of aryl methyl sites for hydroxylation is 1. The van der Waals surface area contributed by atoms with Crippen LogP contribution in [0.5, 0.6) is 0 Å². The second-order valence-corrected chi connectivity index (χ2v) is 3.77. The Hall–Kier alpha value is -1.36. The smallest absolute Gasteiger partial charge is 0.310 e. The van der Waals surface area contributed by atoms with Crippen molar-refractivity contribution in [1.29, 1.82) is 0 Å². The van der Waals surface area contributed by atoms with E-state index in [0.29, 0.717) is 6.54 Å². The molecule has 5 heteroatoms. The van der Waals surface area contributed by atoms with Gasteiger partial charge in [0.2, 0.25) is 0 Å². The van der Waals surface area contributed by atoms with Crippen LogP contribution in [-0.4, -0.2) is 35.9 Å². The lowest BCUT2D eigenvalue weighted by Gasteiger charge is -2.16. The highest BCUT2D eigenvalue weighted by molar-refractivity contribution is 5.74. The second kappa shape index (κ2) is 4.02. The van der Waals surface area contributed by atoms with Gasteiger partial charge in [-0.15, -0.1) is 0 Å². The first-order chi connectivity index (χ1) is 7.24. The Bertz CT molecular complexity index is 361. The molecule has 2 atom stereocenters. The minimum Gasteiger partial charge on any atom is -0.469 e. The molecule has 82 valence electrons. The van der Waals surface area contributed by atoms with Gasteiger partial charge in [0.1, 0.15) is 0 Å². The van der Waals surface area contributed by atoms with Crippen molar-refractivity contribution in [2.75, 3.05) is 20.2 Å². The molecule has 15 heavy (non-hydrogen) atoms. The number of methoxy groups -OCH3 is 1. The minimum absolute atomic E-state index is 0.0922. The third kappa shape index (κ3) is 1.74. The Morgan fingerprint density at radius 1 is 1.67 bits per heavy atom. The molecule has 2 heterocycles. The van der Waals surface area contributed by atoms with Gasteiger partial charge in [0.05, 0.1) is 13.0 Å². The number of hydrogen-bond acceptors (Lipinski definition) is 4. The maximum atomic E-state index is 11.5. The zero-order chi connectivity index (χ0) is 10.8. The summed E-state index contributed by atoms with van der Waals surface area (Å²) >= 11 is 0. The first kappa shape index (κ1) is 10.2. The van der Waals surface area contributed by atoms with Crippen molar-refractivity contribution in [3.63, 3.8) is 0 Å². The third-order valence-electron chi connectivity index (χ3n) is 2.96. The Morgan fingerprint density at radius 2 is 2.47 bits per heavy atom. The zero-order valence-electron chi connectivity index (χ0n) is 8.93. The molecule has 0 aromatic carbocycles. The third-order valence-corrected chi connectivity index (χ3v) is 2.96. The standard InChI is InChI=1S/C10H15N3O2/c1-13-9(3-4-12-13)7-5-11-6-8(7)10(14)15-2/h3-4,7-8,11H,5-6H2,1-2H3. The van der Waals surface area contributed by atoms with Crippen molar-refractivity contribution in [1.82, 2.24) is 15.1 Å². The van der Waals surface area contributed by atoms with Gasteiger partial charge in [-0.2, -0.15) is 5.10 Å². The second-order valence-electron chi connectivity index (χ2n) is 3.77. The van der Waals surface area contributed by atoms with Crippen molar-refractivity contribution >= 4 is 5.97 Å². The fraction of sp³-hybridized carbons (Fsp3) is 0.600. The lowest BCUT2D eigenvalue weighted by molar-refractivity contribution is -0.145. The van der Waals surface area contributed by atoms with Crippen molar-refractivity contribution in [3.05, 3.63) is 18.0 Å². The maximum absolute atomic E-state index is 11.5. The minimum atomic E-state index is -0.147. The van der Waals surface area contributed by atoms with Gasteiger partial charge in [-0.05, 0) is 6.07 Å². The van der Waals surface area contributed by atoms with Gasteiger partial charge in [0.15, 0.2) is 0 Å². The molecular weight excluding hydrogens is 194 g/mol. The molecule has 2 rings (SSSR count). The van der Waals surface area contributed by atoms with Crippen LogP contribution in [0.2, 0.25) is 0 Å². The molecule has 0 bridgehead atoms. The molecule has 1 N–H and O–H groups in total. The van der Waals surface area contributed by atoms with Crippen LogP contribution in [0.25, 0.3) is 0 Å². The molecule has 1 aliphatic rings. The molecule has 1 aromatic rings. The van der Waals surface area contributed by atoms with Crippen LogP contribution in [0.3, 0.4) is 0 Å². The van der Waals surface area contributed by atoms with Crippen LogP contribution in [0.4, 0.5) is 0 Å². The van der Waals surface area contributed by atoms with E-state index in [4.69, 9.17) is 4.74 Å². The van der Waals surface area contributed by atoms with Crippen molar-refractivity contribution < 1.29 is 9.53 Å². The summed E-state index contributed by atoms with van der Waals surface area (Å²) in [6, 6.07) is 1.95. The summed E-state index contributed by atoms with van der Waals surface area (Å²) in [6.07, 6.45) is 1.75. The largest absolute Gasteiger partial charge is 0.469 e. The summed E-state index contributed by atoms with van der Waals surface area (Å²) in [7, 11) is 3.32. The number of carbonyl (C=O) groups is 1.